The van der Waals surface area contributed by atoms with Gasteiger partial charge in [0.1, 0.15) is 11.6 Å². The summed E-state index contributed by atoms with van der Waals surface area (Å²) < 4.78 is 11.5. The first-order chi connectivity index (χ1) is 11.6. The van der Waals surface area contributed by atoms with Crippen molar-refractivity contribution < 1.29 is 14.3 Å². The monoisotopic (exact) mass is 407 g/mol. The highest BCUT2D eigenvalue weighted by molar-refractivity contribution is 9.10. The van der Waals surface area contributed by atoms with Gasteiger partial charge in [0.15, 0.2) is 16.6 Å². The van der Waals surface area contributed by atoms with Crippen LogP contribution in [0.2, 0.25) is 0 Å². The van der Waals surface area contributed by atoms with E-state index in [1.807, 2.05) is 13.0 Å². The van der Waals surface area contributed by atoms with Gasteiger partial charge in [-0.15, -0.1) is 11.3 Å². The number of benzene rings is 1. The number of aromatic nitrogens is 1. The second-order valence-electron chi connectivity index (χ2n) is 4.43. The predicted molar refractivity (Wildman–Crippen MR) is 96.2 cm³/mol. The Morgan fingerprint density at radius 3 is 2.92 bits per heavy atom. The van der Waals surface area contributed by atoms with E-state index in [1.165, 1.54) is 24.5 Å². The summed E-state index contributed by atoms with van der Waals surface area (Å²) in [5.74, 6) is 0.564. The minimum absolute atomic E-state index is 0.0386. The summed E-state index contributed by atoms with van der Waals surface area (Å²) in [7, 11) is 1.53. The lowest BCUT2D eigenvalue weighted by Crippen LogP contribution is -2.13. The lowest BCUT2D eigenvalue weighted by atomic mass is 10.1. The molecule has 0 unspecified atom stereocenters. The molecule has 0 bridgehead atoms. The number of nitrogens with zero attached hydrogens (tertiary/aromatic N) is 2. The lowest BCUT2D eigenvalue weighted by Gasteiger charge is -2.12. The third-order valence-corrected chi connectivity index (χ3v) is 4.15. The molecule has 2 rings (SSSR count). The molecule has 0 saturated heterocycles. The van der Waals surface area contributed by atoms with Crippen molar-refractivity contribution in [3.63, 3.8) is 0 Å². The van der Waals surface area contributed by atoms with Gasteiger partial charge in [0.2, 0.25) is 0 Å². The summed E-state index contributed by atoms with van der Waals surface area (Å²) in [4.78, 5) is 16.1. The van der Waals surface area contributed by atoms with Gasteiger partial charge >= 0.3 is 0 Å². The van der Waals surface area contributed by atoms with Crippen LogP contribution in [0.25, 0.3) is 6.08 Å². The Kier molecular flexibility index (Phi) is 6.35. The van der Waals surface area contributed by atoms with E-state index < -0.39 is 5.91 Å². The van der Waals surface area contributed by atoms with E-state index in [9.17, 15) is 10.1 Å². The number of thiazole rings is 1. The minimum atomic E-state index is -0.517. The van der Waals surface area contributed by atoms with Crippen LogP contribution in [0.15, 0.2) is 33.8 Å². The van der Waals surface area contributed by atoms with E-state index >= 15 is 0 Å². The molecule has 6 nitrogen and oxygen atoms in total. The van der Waals surface area contributed by atoms with Crippen LogP contribution in [-0.2, 0) is 4.79 Å². The van der Waals surface area contributed by atoms with Crippen LogP contribution in [0.1, 0.15) is 12.5 Å². The van der Waals surface area contributed by atoms with E-state index in [1.54, 1.807) is 23.7 Å². The molecule has 0 radical (unpaired) electrons. The third kappa shape index (κ3) is 4.34. The van der Waals surface area contributed by atoms with Crippen molar-refractivity contribution in [2.24, 2.45) is 0 Å². The second-order valence-corrected chi connectivity index (χ2v) is 6.18. The molecule has 0 aliphatic rings. The maximum Gasteiger partial charge on any atom is 0.268 e. The molecule has 0 saturated carbocycles. The standard InChI is InChI=1S/C16H14BrN3O3S/c1-3-23-14-12(17)7-10(8-13(14)22-2)6-11(9-18)15(21)20-16-19-4-5-24-16/h4-8H,3H2,1-2H3,(H,19,20,21)/b11-6+. The molecule has 1 heterocycles. The number of amides is 1. The molecule has 1 aromatic carbocycles. The first-order valence-electron chi connectivity index (χ1n) is 6.92. The van der Waals surface area contributed by atoms with Crippen molar-refractivity contribution >= 4 is 44.4 Å². The molecule has 0 aliphatic heterocycles. The Morgan fingerprint density at radius 1 is 1.54 bits per heavy atom. The molecule has 0 aliphatic carbocycles. The number of nitrogens with one attached hydrogen (secondary N) is 1. The zero-order chi connectivity index (χ0) is 17.5. The van der Waals surface area contributed by atoms with Crippen molar-refractivity contribution in [2.45, 2.75) is 6.92 Å². The number of methoxy groups -OCH3 is 1. The Hall–Kier alpha value is -2.37. The van der Waals surface area contributed by atoms with Gasteiger partial charge in [-0.2, -0.15) is 5.26 Å². The SMILES string of the molecule is CCOc1c(Br)cc(/C=C(\C#N)C(=O)Nc2nccs2)cc1OC. The van der Waals surface area contributed by atoms with Crippen molar-refractivity contribution in [1.29, 1.82) is 5.26 Å². The smallest absolute Gasteiger partial charge is 0.268 e. The summed E-state index contributed by atoms with van der Waals surface area (Å²) in [6.45, 7) is 2.36. The van der Waals surface area contributed by atoms with E-state index in [4.69, 9.17) is 9.47 Å². The highest BCUT2D eigenvalue weighted by Crippen LogP contribution is 2.37. The predicted octanol–water partition coefficient (Wildman–Crippen LogP) is 3.86. The number of nitriles is 1. The van der Waals surface area contributed by atoms with Crippen LogP contribution in [0.4, 0.5) is 5.13 Å². The zero-order valence-electron chi connectivity index (χ0n) is 13.0. The fourth-order valence-corrected chi connectivity index (χ4v) is 2.97. The zero-order valence-corrected chi connectivity index (χ0v) is 15.4. The van der Waals surface area contributed by atoms with Crippen molar-refractivity contribution in [3.05, 3.63) is 39.3 Å². The molecule has 0 fully saturated rings. The Morgan fingerprint density at radius 2 is 2.33 bits per heavy atom. The third-order valence-electron chi connectivity index (χ3n) is 2.87. The van der Waals surface area contributed by atoms with Gasteiger partial charge in [-0.05, 0) is 46.6 Å². The number of hydrogen-bond acceptors (Lipinski definition) is 6. The molecule has 1 aromatic heterocycles. The number of carbonyl (C=O) groups excluding carboxylic acids is 1. The number of halogens is 1. The normalized spacial score (nSPS) is 10.8. The quantitative estimate of drug-likeness (QED) is 0.580. The van der Waals surface area contributed by atoms with E-state index in [0.717, 1.165) is 0 Å². The highest BCUT2D eigenvalue weighted by atomic mass is 79.9. The summed E-state index contributed by atoms with van der Waals surface area (Å²) in [6.07, 6.45) is 3.05. The fraction of sp³-hybridized carbons (Fsp3) is 0.188. The summed E-state index contributed by atoms with van der Waals surface area (Å²) in [5.41, 5.74) is 0.594. The molecule has 1 amide bonds. The number of hydrogen-bond donors (Lipinski definition) is 1. The molecule has 124 valence electrons. The van der Waals surface area contributed by atoms with Gasteiger partial charge in [0, 0.05) is 11.6 Å². The first-order valence-corrected chi connectivity index (χ1v) is 8.59. The van der Waals surface area contributed by atoms with Crippen LogP contribution >= 0.6 is 27.3 Å². The van der Waals surface area contributed by atoms with Gasteiger partial charge in [0.05, 0.1) is 18.2 Å². The van der Waals surface area contributed by atoms with E-state index in [0.29, 0.717) is 33.3 Å². The molecule has 0 atom stereocenters. The number of carbonyl (C=O) groups is 1. The largest absolute Gasteiger partial charge is 0.493 e. The molecular formula is C16H14BrN3O3S. The molecule has 1 N–H and O–H groups in total. The molecular weight excluding hydrogens is 394 g/mol. The average Bonchev–Trinajstić information content (AvgIpc) is 3.07. The Bertz CT molecular complexity index is 798. The molecule has 2 aromatic rings. The Labute approximate surface area is 151 Å². The molecule has 24 heavy (non-hydrogen) atoms. The van der Waals surface area contributed by atoms with Gasteiger partial charge in [-0.3, -0.25) is 10.1 Å². The van der Waals surface area contributed by atoms with Gasteiger partial charge < -0.3 is 9.47 Å². The summed E-state index contributed by atoms with van der Waals surface area (Å²) >= 11 is 4.69. The van der Waals surface area contributed by atoms with Crippen LogP contribution in [0.5, 0.6) is 11.5 Å². The van der Waals surface area contributed by atoms with E-state index in [2.05, 4.69) is 26.2 Å². The van der Waals surface area contributed by atoms with Gasteiger partial charge in [-0.1, -0.05) is 0 Å². The second kappa shape index (κ2) is 8.47. The van der Waals surface area contributed by atoms with Crippen molar-refractivity contribution in [3.8, 4) is 17.6 Å². The summed E-state index contributed by atoms with van der Waals surface area (Å²) in [5, 5.41) is 14.0. The highest BCUT2D eigenvalue weighted by Gasteiger charge is 2.14. The number of ether oxygens (including phenoxy) is 2. The van der Waals surface area contributed by atoms with E-state index in [-0.39, 0.29) is 5.57 Å². The van der Waals surface area contributed by atoms with Crippen LogP contribution in [-0.4, -0.2) is 24.6 Å². The Balaban J connectivity index is 2.32. The minimum Gasteiger partial charge on any atom is -0.493 e. The number of anilines is 1. The lowest BCUT2D eigenvalue weighted by molar-refractivity contribution is -0.112. The van der Waals surface area contributed by atoms with Crippen molar-refractivity contribution in [1.82, 2.24) is 4.98 Å². The maximum absolute atomic E-state index is 12.2. The van der Waals surface area contributed by atoms with Crippen molar-refractivity contribution in [2.75, 3.05) is 19.0 Å². The van der Waals surface area contributed by atoms with Crippen LogP contribution in [0, 0.1) is 11.3 Å². The van der Waals surface area contributed by atoms with Gasteiger partial charge in [0.25, 0.3) is 5.91 Å². The average molecular weight is 408 g/mol. The number of rotatable bonds is 6. The topological polar surface area (TPSA) is 84.2 Å². The maximum atomic E-state index is 12.2. The van der Waals surface area contributed by atoms with Crippen LogP contribution < -0.4 is 14.8 Å². The first kappa shape index (κ1) is 18.0. The summed E-state index contributed by atoms with van der Waals surface area (Å²) in [6, 6.07) is 5.35. The van der Waals surface area contributed by atoms with Gasteiger partial charge in [-0.25, -0.2) is 4.98 Å². The molecule has 8 heteroatoms. The fourth-order valence-electron chi connectivity index (χ4n) is 1.87. The molecule has 0 spiro atoms. The van der Waals surface area contributed by atoms with Crippen LogP contribution in [0.3, 0.4) is 0 Å².